The Kier molecular flexibility index (Phi) is 4.78. The Balaban J connectivity index is 1.59. The highest BCUT2D eigenvalue weighted by atomic mass is 32.1. The van der Waals surface area contributed by atoms with Crippen molar-refractivity contribution in [3.05, 3.63) is 0 Å². The third-order valence-corrected chi connectivity index (χ3v) is 6.85. The van der Waals surface area contributed by atoms with Gasteiger partial charge in [-0.05, 0) is 74.9 Å². The van der Waals surface area contributed by atoms with Gasteiger partial charge in [0.1, 0.15) is 0 Å². The number of rotatable bonds is 4. The van der Waals surface area contributed by atoms with E-state index >= 15 is 0 Å². The summed E-state index contributed by atoms with van der Waals surface area (Å²) in [5.41, 5.74) is 0.354. The third-order valence-electron chi connectivity index (χ3n) is 6.63. The Bertz CT molecular complexity index is 361. The number of hydrogen-bond donors (Lipinski definition) is 2. The molecule has 0 saturated heterocycles. The van der Waals surface area contributed by atoms with Gasteiger partial charge in [-0.2, -0.15) is 0 Å². The second kappa shape index (κ2) is 6.44. The zero-order chi connectivity index (χ0) is 14.9. The lowest BCUT2D eigenvalue weighted by molar-refractivity contribution is 0.191. The van der Waals surface area contributed by atoms with Crippen LogP contribution in [0.2, 0.25) is 0 Å². The maximum Gasteiger partial charge on any atom is 0.166 e. The molecule has 0 spiro atoms. The summed E-state index contributed by atoms with van der Waals surface area (Å²) in [6.07, 6.45) is 13.6. The van der Waals surface area contributed by atoms with E-state index < -0.39 is 0 Å². The second-order valence-corrected chi connectivity index (χ2v) is 8.23. The van der Waals surface area contributed by atoms with E-state index in [0.29, 0.717) is 11.6 Å². The van der Waals surface area contributed by atoms with E-state index in [4.69, 9.17) is 12.2 Å². The Morgan fingerprint density at radius 3 is 2.14 bits per heavy atom. The van der Waals surface area contributed by atoms with E-state index in [2.05, 4.69) is 24.5 Å². The van der Waals surface area contributed by atoms with E-state index in [-0.39, 0.29) is 0 Å². The van der Waals surface area contributed by atoms with Crippen LogP contribution in [-0.2, 0) is 0 Å². The fourth-order valence-corrected chi connectivity index (χ4v) is 5.69. The normalized spacial score (nSPS) is 42.0. The van der Waals surface area contributed by atoms with Gasteiger partial charge in [0, 0.05) is 11.6 Å². The van der Waals surface area contributed by atoms with Gasteiger partial charge in [-0.3, -0.25) is 0 Å². The van der Waals surface area contributed by atoms with Crippen molar-refractivity contribution in [2.45, 2.75) is 89.6 Å². The Hall–Kier alpha value is -0.310. The summed E-state index contributed by atoms with van der Waals surface area (Å²) in [6, 6.07) is 0.601. The lowest BCUT2D eigenvalue weighted by Gasteiger charge is -2.40. The highest BCUT2D eigenvalue weighted by Crippen LogP contribution is 2.47. The lowest BCUT2D eigenvalue weighted by Crippen LogP contribution is -2.55. The van der Waals surface area contributed by atoms with Gasteiger partial charge in [0.25, 0.3) is 0 Å². The average Bonchev–Trinajstić information content (AvgIpc) is 3.07. The van der Waals surface area contributed by atoms with E-state index in [0.717, 1.165) is 22.9 Å². The van der Waals surface area contributed by atoms with E-state index in [1.807, 2.05) is 0 Å². The van der Waals surface area contributed by atoms with Crippen molar-refractivity contribution >= 4 is 17.3 Å². The molecule has 0 heterocycles. The summed E-state index contributed by atoms with van der Waals surface area (Å²) in [5.74, 6) is 2.59. The number of nitrogens with one attached hydrogen (secondary N) is 2. The van der Waals surface area contributed by atoms with Crippen LogP contribution in [0.5, 0.6) is 0 Å². The SMILES string of the molecule is CCC1CCCC(CC)C1NC(=S)NC12CCC(CC1)C2. The quantitative estimate of drug-likeness (QED) is 0.753. The van der Waals surface area contributed by atoms with Gasteiger partial charge >= 0.3 is 0 Å². The molecule has 120 valence electrons. The first-order valence-corrected chi connectivity index (χ1v) is 9.65. The van der Waals surface area contributed by atoms with Gasteiger partial charge in [0.15, 0.2) is 5.11 Å². The number of thiocarbonyl (C=S) groups is 1. The molecule has 3 fully saturated rings. The topological polar surface area (TPSA) is 24.1 Å². The molecule has 0 aromatic rings. The Labute approximate surface area is 135 Å². The first-order chi connectivity index (χ1) is 10.2. The fourth-order valence-electron chi connectivity index (χ4n) is 5.33. The summed E-state index contributed by atoms with van der Waals surface area (Å²) in [5, 5.41) is 8.43. The largest absolute Gasteiger partial charge is 0.359 e. The highest BCUT2D eigenvalue weighted by molar-refractivity contribution is 7.80. The van der Waals surface area contributed by atoms with Gasteiger partial charge in [-0.15, -0.1) is 0 Å². The van der Waals surface area contributed by atoms with E-state index in [1.54, 1.807) is 0 Å². The maximum absolute atomic E-state index is 5.71. The van der Waals surface area contributed by atoms with Gasteiger partial charge < -0.3 is 10.6 Å². The average molecular weight is 309 g/mol. The van der Waals surface area contributed by atoms with Crippen molar-refractivity contribution in [1.82, 2.24) is 10.6 Å². The molecule has 2 N–H and O–H groups in total. The summed E-state index contributed by atoms with van der Waals surface area (Å²) < 4.78 is 0. The fraction of sp³-hybridized carbons (Fsp3) is 0.944. The first kappa shape index (κ1) is 15.6. The zero-order valence-corrected chi connectivity index (χ0v) is 14.6. The van der Waals surface area contributed by atoms with Crippen LogP contribution in [0.3, 0.4) is 0 Å². The molecule has 3 aliphatic rings. The molecule has 2 nitrogen and oxygen atoms in total. The van der Waals surface area contributed by atoms with Gasteiger partial charge in [0.2, 0.25) is 0 Å². The highest BCUT2D eigenvalue weighted by Gasteiger charge is 2.45. The molecule has 3 heteroatoms. The molecule has 2 unspecified atom stereocenters. The van der Waals surface area contributed by atoms with Crippen molar-refractivity contribution in [3.8, 4) is 0 Å². The van der Waals surface area contributed by atoms with E-state index in [1.165, 1.54) is 64.2 Å². The van der Waals surface area contributed by atoms with Gasteiger partial charge in [-0.25, -0.2) is 0 Å². The predicted molar refractivity (Wildman–Crippen MR) is 93.4 cm³/mol. The molecule has 3 aliphatic carbocycles. The summed E-state index contributed by atoms with van der Waals surface area (Å²) in [4.78, 5) is 0. The second-order valence-electron chi connectivity index (χ2n) is 7.82. The molecule has 0 amide bonds. The van der Waals surface area contributed by atoms with Crippen LogP contribution >= 0.6 is 12.2 Å². The molecule has 2 bridgehead atoms. The molecule has 0 aromatic heterocycles. The van der Waals surface area contributed by atoms with Crippen LogP contribution in [0.15, 0.2) is 0 Å². The lowest BCUT2D eigenvalue weighted by atomic mass is 9.74. The van der Waals surface area contributed by atoms with Crippen LogP contribution in [-0.4, -0.2) is 16.7 Å². The molecule has 0 radical (unpaired) electrons. The Morgan fingerprint density at radius 2 is 1.67 bits per heavy atom. The minimum absolute atomic E-state index is 0.354. The van der Waals surface area contributed by atoms with Crippen LogP contribution in [0.1, 0.15) is 78.1 Å². The maximum atomic E-state index is 5.71. The van der Waals surface area contributed by atoms with Crippen molar-refractivity contribution < 1.29 is 0 Å². The zero-order valence-electron chi connectivity index (χ0n) is 13.8. The molecule has 0 aromatic carbocycles. The van der Waals surface area contributed by atoms with Gasteiger partial charge in [-0.1, -0.05) is 33.1 Å². The standard InChI is InChI=1S/C18H32N2S/c1-3-14-6-5-7-15(4-2)16(14)19-17(21)20-18-10-8-13(12-18)9-11-18/h13-16H,3-12H2,1-2H3,(H2,19,20,21). The minimum atomic E-state index is 0.354. The molecule has 3 saturated carbocycles. The first-order valence-electron chi connectivity index (χ1n) is 9.24. The Morgan fingerprint density at radius 1 is 1.05 bits per heavy atom. The molecule has 2 atom stereocenters. The van der Waals surface area contributed by atoms with Crippen LogP contribution < -0.4 is 10.6 Å². The minimum Gasteiger partial charge on any atom is -0.359 e. The molecular formula is C18H32N2S. The number of hydrogen-bond acceptors (Lipinski definition) is 1. The summed E-state index contributed by atoms with van der Waals surface area (Å²) in [7, 11) is 0. The van der Waals surface area contributed by atoms with Crippen molar-refractivity contribution in [1.29, 1.82) is 0 Å². The molecule has 21 heavy (non-hydrogen) atoms. The number of fused-ring (bicyclic) bond motifs is 2. The monoisotopic (exact) mass is 308 g/mol. The summed E-state index contributed by atoms with van der Waals surface area (Å²) >= 11 is 5.71. The summed E-state index contributed by atoms with van der Waals surface area (Å²) in [6.45, 7) is 4.68. The third kappa shape index (κ3) is 3.23. The molecular weight excluding hydrogens is 276 g/mol. The van der Waals surface area contributed by atoms with Crippen molar-refractivity contribution in [2.24, 2.45) is 17.8 Å². The molecule has 0 aliphatic heterocycles. The van der Waals surface area contributed by atoms with Gasteiger partial charge in [0.05, 0.1) is 0 Å². The van der Waals surface area contributed by atoms with E-state index in [9.17, 15) is 0 Å². The van der Waals surface area contributed by atoms with Crippen LogP contribution in [0.4, 0.5) is 0 Å². The molecule has 3 rings (SSSR count). The predicted octanol–water partition coefficient (Wildman–Crippen LogP) is 4.39. The smallest absolute Gasteiger partial charge is 0.166 e. The van der Waals surface area contributed by atoms with Crippen molar-refractivity contribution in [3.63, 3.8) is 0 Å². The van der Waals surface area contributed by atoms with Crippen LogP contribution in [0, 0.1) is 17.8 Å². The van der Waals surface area contributed by atoms with Crippen LogP contribution in [0.25, 0.3) is 0 Å². The van der Waals surface area contributed by atoms with Crippen molar-refractivity contribution in [2.75, 3.05) is 0 Å².